The zero-order valence-corrected chi connectivity index (χ0v) is 19.0. The van der Waals surface area contributed by atoms with Crippen molar-refractivity contribution in [1.29, 1.82) is 0 Å². The zero-order valence-electron chi connectivity index (χ0n) is 17.4. The van der Waals surface area contributed by atoms with Crippen LogP contribution in [0.25, 0.3) is 0 Å². The van der Waals surface area contributed by atoms with E-state index in [-0.39, 0.29) is 0 Å². The van der Waals surface area contributed by atoms with E-state index in [1.165, 1.54) is 75.5 Å². The average Bonchev–Trinajstić information content (AvgIpc) is 3.09. The van der Waals surface area contributed by atoms with Crippen LogP contribution in [0, 0.1) is 0 Å². The van der Waals surface area contributed by atoms with Crippen molar-refractivity contribution in [1.82, 2.24) is 4.48 Å². The summed E-state index contributed by atoms with van der Waals surface area (Å²) in [6, 6.07) is 8.42. The van der Waals surface area contributed by atoms with Gasteiger partial charge in [-0.1, -0.05) is 26.2 Å². The highest BCUT2D eigenvalue weighted by Crippen LogP contribution is 2.58. The molecule has 1 heterocycles. The molecule has 4 rings (SSSR count). The molecule has 0 spiro atoms. The first kappa shape index (κ1) is 20.9. The number of quaternary nitrogens is 1. The number of nitrogens with zero attached hydrogens (tertiary/aromatic N) is 1. The van der Waals surface area contributed by atoms with Gasteiger partial charge in [0.25, 0.3) is 0 Å². The maximum absolute atomic E-state index is 6.39. The third-order valence-electron chi connectivity index (χ3n) is 7.17. The number of hydrogen-bond donors (Lipinski definition) is 1. The number of rotatable bonds is 7. The summed E-state index contributed by atoms with van der Waals surface area (Å²) in [5, 5.41) is 6.39. The Hall–Kier alpha value is -0.360. The van der Waals surface area contributed by atoms with Gasteiger partial charge >= 0.3 is 0 Å². The summed E-state index contributed by atoms with van der Waals surface area (Å²) in [4.78, 5) is 1.42. The normalized spacial score (nSPS) is 25.6. The molecule has 2 N–H and O–H groups in total. The molecule has 1 atom stereocenters. The molecule has 5 heteroatoms. The lowest BCUT2D eigenvalue weighted by atomic mass is 9.85. The molecule has 156 valence electrons. The van der Waals surface area contributed by atoms with Crippen molar-refractivity contribution in [2.24, 2.45) is 5.14 Å². The highest BCUT2D eigenvalue weighted by molar-refractivity contribution is 8.16. The lowest BCUT2D eigenvalue weighted by molar-refractivity contribution is 0.0997. The van der Waals surface area contributed by atoms with Crippen LogP contribution in [0.3, 0.4) is 0 Å². The van der Waals surface area contributed by atoms with Gasteiger partial charge in [0.05, 0.1) is 23.6 Å². The highest BCUT2D eigenvalue weighted by Gasteiger charge is 2.57. The SMILES string of the molecule is CCCCOc1ccc2c(c1)SC(SN)[N+]2(C1CCCCC1)C1CCCCC1. The minimum Gasteiger partial charge on any atom is -0.494 e. The molecule has 28 heavy (non-hydrogen) atoms. The van der Waals surface area contributed by atoms with Crippen molar-refractivity contribution in [3.63, 3.8) is 0 Å². The minimum absolute atomic E-state index is 0.395. The summed E-state index contributed by atoms with van der Waals surface area (Å²) in [5.74, 6) is 1.03. The Morgan fingerprint density at radius 1 is 1.04 bits per heavy atom. The van der Waals surface area contributed by atoms with Gasteiger partial charge in [0.15, 0.2) is 0 Å². The topological polar surface area (TPSA) is 35.2 Å². The van der Waals surface area contributed by atoms with Crippen molar-refractivity contribution in [3.05, 3.63) is 18.2 Å². The van der Waals surface area contributed by atoms with Crippen LogP contribution in [0.5, 0.6) is 5.75 Å². The van der Waals surface area contributed by atoms with Gasteiger partial charge in [0.1, 0.15) is 11.4 Å². The van der Waals surface area contributed by atoms with Gasteiger partial charge in [-0.2, -0.15) is 0 Å². The molecule has 2 fully saturated rings. The summed E-state index contributed by atoms with van der Waals surface area (Å²) in [6.07, 6.45) is 16.1. The largest absolute Gasteiger partial charge is 0.494 e. The van der Waals surface area contributed by atoms with Crippen LogP contribution >= 0.6 is 23.7 Å². The monoisotopic (exact) mass is 421 g/mol. The predicted molar refractivity (Wildman–Crippen MR) is 124 cm³/mol. The lowest BCUT2D eigenvalue weighted by Gasteiger charge is -2.52. The number of ether oxygens (including phenoxy) is 1. The van der Waals surface area contributed by atoms with Crippen LogP contribution in [0.2, 0.25) is 0 Å². The molecule has 0 radical (unpaired) electrons. The van der Waals surface area contributed by atoms with Crippen LogP contribution in [-0.4, -0.2) is 23.4 Å². The van der Waals surface area contributed by atoms with Gasteiger partial charge in [-0.15, -0.1) is 0 Å². The Kier molecular flexibility index (Phi) is 7.19. The first-order valence-corrected chi connectivity index (χ1v) is 13.3. The molecular weight excluding hydrogens is 384 g/mol. The molecule has 2 saturated carbocycles. The summed E-state index contributed by atoms with van der Waals surface area (Å²) in [7, 11) is 0. The molecule has 2 aliphatic carbocycles. The third kappa shape index (κ3) is 3.84. The number of hydrogen-bond acceptors (Lipinski definition) is 4. The Morgan fingerprint density at radius 3 is 2.25 bits per heavy atom. The van der Waals surface area contributed by atoms with Gasteiger partial charge < -0.3 is 4.74 Å². The minimum atomic E-state index is 0.395. The second kappa shape index (κ2) is 9.63. The molecule has 1 aromatic carbocycles. The predicted octanol–water partition coefficient (Wildman–Crippen LogP) is 6.83. The van der Waals surface area contributed by atoms with E-state index in [9.17, 15) is 0 Å². The Morgan fingerprint density at radius 2 is 1.68 bits per heavy atom. The zero-order chi connectivity index (χ0) is 19.4. The summed E-state index contributed by atoms with van der Waals surface area (Å²) < 4.78 is 7.59. The highest BCUT2D eigenvalue weighted by atomic mass is 32.2. The molecule has 3 aliphatic rings. The molecule has 0 bridgehead atoms. The number of thioether (sulfide) groups is 1. The summed E-state index contributed by atoms with van der Waals surface area (Å²) in [5.41, 5.74) is 1.55. The van der Waals surface area contributed by atoms with Crippen LogP contribution in [0.15, 0.2) is 23.1 Å². The fourth-order valence-electron chi connectivity index (χ4n) is 5.82. The van der Waals surface area contributed by atoms with Gasteiger partial charge in [-0.3, -0.25) is 9.62 Å². The Bertz CT molecular complexity index is 623. The second-order valence-electron chi connectivity index (χ2n) is 8.81. The molecule has 0 saturated heterocycles. The summed E-state index contributed by atoms with van der Waals surface area (Å²) >= 11 is 3.62. The molecule has 0 amide bonds. The van der Waals surface area contributed by atoms with Gasteiger partial charge in [-0.05, 0) is 93.6 Å². The van der Waals surface area contributed by atoms with Gasteiger partial charge in [0, 0.05) is 6.07 Å². The van der Waals surface area contributed by atoms with E-state index in [0.717, 1.165) is 35.3 Å². The summed E-state index contributed by atoms with van der Waals surface area (Å²) in [6.45, 7) is 3.03. The fourth-order valence-corrected chi connectivity index (χ4v) is 8.40. The van der Waals surface area contributed by atoms with Crippen LogP contribution in [-0.2, 0) is 0 Å². The molecule has 1 unspecified atom stereocenters. The van der Waals surface area contributed by atoms with Crippen LogP contribution in [0.1, 0.15) is 84.0 Å². The average molecular weight is 422 g/mol. The van der Waals surface area contributed by atoms with Crippen LogP contribution in [0.4, 0.5) is 5.69 Å². The Balaban J connectivity index is 1.71. The third-order valence-corrected chi connectivity index (χ3v) is 9.50. The number of nitrogens with two attached hydrogens (primary N) is 1. The molecule has 3 nitrogen and oxygen atoms in total. The van der Waals surface area contributed by atoms with Crippen molar-refractivity contribution in [2.75, 3.05) is 6.61 Å². The van der Waals surface area contributed by atoms with Crippen LogP contribution < -0.4 is 14.4 Å². The molecule has 1 aliphatic heterocycles. The van der Waals surface area contributed by atoms with E-state index in [0.29, 0.717) is 4.71 Å². The smallest absolute Gasteiger partial charge is 0.206 e. The van der Waals surface area contributed by atoms with Crippen molar-refractivity contribution >= 4 is 29.4 Å². The lowest BCUT2D eigenvalue weighted by Crippen LogP contribution is -2.66. The van der Waals surface area contributed by atoms with Gasteiger partial charge in [0.2, 0.25) is 4.71 Å². The van der Waals surface area contributed by atoms with E-state index in [1.54, 1.807) is 17.6 Å². The van der Waals surface area contributed by atoms with E-state index in [4.69, 9.17) is 9.88 Å². The van der Waals surface area contributed by atoms with Gasteiger partial charge in [-0.25, -0.2) is 0 Å². The molecular formula is C23H37N2OS2+. The van der Waals surface area contributed by atoms with E-state index >= 15 is 0 Å². The molecule has 1 aromatic rings. The first-order valence-electron chi connectivity index (χ1n) is 11.5. The standard InChI is InChI=1S/C23H37N2OS2/c1-2-3-16-26-20-14-15-21-22(17-20)27-23(28-24)25(21,18-10-6-4-7-11-18)19-12-8-5-9-13-19/h14-15,17-19,23H,2-13,16,24H2,1H3/q+1. The van der Waals surface area contributed by atoms with E-state index in [2.05, 4.69) is 25.1 Å². The second-order valence-corrected chi connectivity index (χ2v) is 10.9. The quantitative estimate of drug-likeness (QED) is 0.297. The number of benzene rings is 1. The van der Waals surface area contributed by atoms with E-state index < -0.39 is 0 Å². The van der Waals surface area contributed by atoms with Crippen molar-refractivity contribution < 1.29 is 4.74 Å². The van der Waals surface area contributed by atoms with E-state index in [1.807, 2.05) is 11.8 Å². The van der Waals surface area contributed by atoms with Crippen molar-refractivity contribution in [2.45, 2.75) is 106 Å². The fraction of sp³-hybridized carbons (Fsp3) is 0.739. The maximum atomic E-state index is 6.39. The molecule has 0 aromatic heterocycles. The number of unbranched alkanes of at least 4 members (excludes halogenated alkanes) is 1. The first-order chi connectivity index (χ1) is 13.8. The Labute approximate surface area is 179 Å². The number of fused-ring (bicyclic) bond motifs is 1. The van der Waals surface area contributed by atoms with Crippen molar-refractivity contribution in [3.8, 4) is 5.75 Å². The maximum Gasteiger partial charge on any atom is 0.206 e.